The maximum atomic E-state index is 11.9. The second-order valence-electron chi connectivity index (χ2n) is 4.07. The summed E-state index contributed by atoms with van der Waals surface area (Å²) in [4.78, 5) is 23.6. The number of benzene rings is 1. The lowest BCUT2D eigenvalue weighted by Gasteiger charge is -2.06. The number of carbonyl (C=O) groups excluding carboxylic acids is 2. The number of nitrogens with one attached hydrogen (secondary N) is 2. The normalized spacial score (nSPS) is 10.2. The van der Waals surface area contributed by atoms with Gasteiger partial charge in [-0.05, 0) is 18.6 Å². The molecule has 1 aromatic heterocycles. The van der Waals surface area contributed by atoms with Crippen molar-refractivity contribution in [3.05, 3.63) is 39.9 Å². The molecule has 0 saturated heterocycles. The minimum absolute atomic E-state index is 0.162. The number of nitrogens with zero attached hydrogens (tertiary/aromatic N) is 2. The summed E-state index contributed by atoms with van der Waals surface area (Å²) in [5.74, 6) is -0.767. The van der Waals surface area contributed by atoms with Crippen LogP contribution in [0.1, 0.15) is 22.3 Å². The molecule has 0 radical (unpaired) electrons. The summed E-state index contributed by atoms with van der Waals surface area (Å²) in [6, 6.07) is 6.64. The molecule has 21 heavy (non-hydrogen) atoms. The largest absolute Gasteiger partial charge is 0.343 e. The van der Waals surface area contributed by atoms with Crippen molar-refractivity contribution in [1.29, 1.82) is 0 Å². The molecule has 0 spiro atoms. The fourth-order valence-electron chi connectivity index (χ4n) is 1.51. The van der Waals surface area contributed by atoms with Crippen molar-refractivity contribution in [2.45, 2.75) is 13.3 Å². The monoisotopic (exact) mass is 324 g/mol. The van der Waals surface area contributed by atoms with E-state index >= 15 is 0 Å². The number of aromatic nitrogens is 2. The van der Waals surface area contributed by atoms with E-state index in [4.69, 9.17) is 11.6 Å². The standard InChI is InChI=1S/C13H13ClN4O2S/c1-2-11-17-18-13(21-11)16-10(19)7-15-12(20)8-5-3-4-6-9(8)14/h3-6H,2,7H2,1H3,(H,15,20)(H,16,18,19). The van der Waals surface area contributed by atoms with Gasteiger partial charge in [0.25, 0.3) is 5.91 Å². The molecule has 0 fully saturated rings. The van der Waals surface area contributed by atoms with Crippen LogP contribution in [0, 0.1) is 0 Å². The summed E-state index contributed by atoms with van der Waals surface area (Å²) in [5, 5.41) is 14.4. The van der Waals surface area contributed by atoms with Gasteiger partial charge in [0.1, 0.15) is 5.01 Å². The number of anilines is 1. The van der Waals surface area contributed by atoms with Crippen LogP contribution in [0.15, 0.2) is 24.3 Å². The van der Waals surface area contributed by atoms with Gasteiger partial charge >= 0.3 is 0 Å². The molecule has 2 rings (SSSR count). The lowest BCUT2D eigenvalue weighted by molar-refractivity contribution is -0.115. The van der Waals surface area contributed by atoms with Gasteiger partial charge in [0.05, 0.1) is 17.1 Å². The van der Waals surface area contributed by atoms with Crippen molar-refractivity contribution in [3.63, 3.8) is 0 Å². The number of hydrogen-bond donors (Lipinski definition) is 2. The average Bonchev–Trinajstić information content (AvgIpc) is 2.93. The third-order valence-electron chi connectivity index (χ3n) is 2.54. The van der Waals surface area contributed by atoms with Crippen molar-refractivity contribution in [2.24, 2.45) is 0 Å². The lowest BCUT2D eigenvalue weighted by atomic mass is 10.2. The van der Waals surface area contributed by atoms with Crippen LogP contribution in [0.3, 0.4) is 0 Å². The molecule has 2 aromatic rings. The number of halogens is 1. The number of rotatable bonds is 5. The molecule has 2 amide bonds. The maximum Gasteiger partial charge on any atom is 0.253 e. The first-order valence-corrected chi connectivity index (χ1v) is 7.44. The first-order valence-electron chi connectivity index (χ1n) is 6.25. The number of aryl methyl sites for hydroxylation is 1. The third kappa shape index (κ3) is 4.24. The van der Waals surface area contributed by atoms with Crippen LogP contribution in [0.25, 0.3) is 0 Å². The van der Waals surface area contributed by atoms with Crippen LogP contribution in [0.5, 0.6) is 0 Å². The summed E-state index contributed by atoms with van der Waals surface area (Å²) in [5.41, 5.74) is 0.330. The Morgan fingerprint density at radius 1 is 1.29 bits per heavy atom. The van der Waals surface area contributed by atoms with E-state index in [-0.39, 0.29) is 12.5 Å². The molecule has 6 nitrogen and oxygen atoms in total. The molecule has 1 heterocycles. The van der Waals surface area contributed by atoms with Crippen LogP contribution >= 0.6 is 22.9 Å². The van der Waals surface area contributed by atoms with E-state index in [1.165, 1.54) is 11.3 Å². The molecular weight excluding hydrogens is 312 g/mol. The minimum Gasteiger partial charge on any atom is -0.343 e. The topological polar surface area (TPSA) is 84.0 Å². The van der Waals surface area contributed by atoms with Crippen LogP contribution in [-0.4, -0.2) is 28.6 Å². The summed E-state index contributed by atoms with van der Waals surface area (Å²) < 4.78 is 0. The zero-order valence-electron chi connectivity index (χ0n) is 11.2. The zero-order valence-corrected chi connectivity index (χ0v) is 12.8. The molecule has 0 saturated carbocycles. The Morgan fingerprint density at radius 3 is 2.71 bits per heavy atom. The molecular formula is C13H13ClN4O2S. The quantitative estimate of drug-likeness (QED) is 0.882. The van der Waals surface area contributed by atoms with Crippen molar-refractivity contribution in [2.75, 3.05) is 11.9 Å². The molecule has 8 heteroatoms. The van der Waals surface area contributed by atoms with Gasteiger partial charge in [-0.2, -0.15) is 0 Å². The molecule has 0 aliphatic carbocycles. The Labute approximate surface area is 130 Å². The second kappa shape index (κ2) is 7.14. The Bertz CT molecular complexity index is 659. The van der Waals surface area contributed by atoms with Gasteiger partial charge in [0.2, 0.25) is 11.0 Å². The van der Waals surface area contributed by atoms with Gasteiger partial charge in [-0.15, -0.1) is 10.2 Å². The fraction of sp³-hybridized carbons (Fsp3) is 0.231. The maximum absolute atomic E-state index is 11.9. The number of hydrogen-bond acceptors (Lipinski definition) is 5. The van der Waals surface area contributed by atoms with Gasteiger partial charge in [0, 0.05) is 0 Å². The Kier molecular flexibility index (Phi) is 5.24. The van der Waals surface area contributed by atoms with Gasteiger partial charge < -0.3 is 5.32 Å². The highest BCUT2D eigenvalue weighted by atomic mass is 35.5. The predicted molar refractivity (Wildman–Crippen MR) is 81.7 cm³/mol. The van der Waals surface area contributed by atoms with Gasteiger partial charge in [0.15, 0.2) is 0 Å². The van der Waals surface area contributed by atoms with E-state index < -0.39 is 5.91 Å². The minimum atomic E-state index is -0.401. The Balaban J connectivity index is 1.86. The first kappa shape index (κ1) is 15.4. The lowest BCUT2D eigenvalue weighted by Crippen LogP contribution is -2.32. The molecule has 110 valence electrons. The van der Waals surface area contributed by atoms with Crippen molar-refractivity contribution < 1.29 is 9.59 Å². The summed E-state index contributed by atoms with van der Waals surface area (Å²) in [6.07, 6.45) is 0.761. The van der Waals surface area contributed by atoms with Crippen LogP contribution in [0.2, 0.25) is 5.02 Å². The van der Waals surface area contributed by atoms with E-state index in [2.05, 4.69) is 20.8 Å². The van der Waals surface area contributed by atoms with Crippen LogP contribution in [-0.2, 0) is 11.2 Å². The van der Waals surface area contributed by atoms with E-state index in [0.29, 0.717) is 15.7 Å². The Hall–Kier alpha value is -1.99. The molecule has 1 aromatic carbocycles. The van der Waals surface area contributed by atoms with E-state index in [0.717, 1.165) is 11.4 Å². The van der Waals surface area contributed by atoms with Gasteiger partial charge in [-0.25, -0.2) is 0 Å². The smallest absolute Gasteiger partial charge is 0.253 e. The average molecular weight is 325 g/mol. The summed E-state index contributed by atoms with van der Waals surface area (Å²) >= 11 is 7.21. The number of carbonyl (C=O) groups is 2. The van der Waals surface area contributed by atoms with E-state index in [1.54, 1.807) is 24.3 Å². The van der Waals surface area contributed by atoms with E-state index in [1.807, 2.05) is 6.92 Å². The molecule has 0 unspecified atom stereocenters. The van der Waals surface area contributed by atoms with Crippen molar-refractivity contribution in [1.82, 2.24) is 15.5 Å². The molecule has 0 aliphatic heterocycles. The molecule has 0 aliphatic rings. The summed E-state index contributed by atoms with van der Waals surface area (Å²) in [6.45, 7) is 1.79. The van der Waals surface area contributed by atoms with Crippen LogP contribution < -0.4 is 10.6 Å². The third-order valence-corrected chi connectivity index (χ3v) is 3.86. The highest BCUT2D eigenvalue weighted by molar-refractivity contribution is 7.15. The van der Waals surface area contributed by atoms with Crippen molar-refractivity contribution in [3.8, 4) is 0 Å². The highest BCUT2D eigenvalue weighted by Gasteiger charge is 2.12. The molecule has 0 bridgehead atoms. The van der Waals surface area contributed by atoms with Crippen LogP contribution in [0.4, 0.5) is 5.13 Å². The SMILES string of the molecule is CCc1nnc(NC(=O)CNC(=O)c2ccccc2Cl)s1. The Morgan fingerprint density at radius 2 is 2.05 bits per heavy atom. The molecule has 0 atom stereocenters. The van der Waals surface area contributed by atoms with Gasteiger partial charge in [-0.3, -0.25) is 14.9 Å². The fourth-order valence-corrected chi connectivity index (χ4v) is 2.43. The van der Waals surface area contributed by atoms with Crippen molar-refractivity contribution >= 4 is 39.9 Å². The number of amides is 2. The highest BCUT2D eigenvalue weighted by Crippen LogP contribution is 2.15. The van der Waals surface area contributed by atoms with Gasteiger partial charge in [-0.1, -0.05) is 42.0 Å². The van der Waals surface area contributed by atoms with E-state index in [9.17, 15) is 9.59 Å². The zero-order chi connectivity index (χ0) is 15.2. The second-order valence-corrected chi connectivity index (χ2v) is 5.53. The predicted octanol–water partition coefficient (Wildman–Crippen LogP) is 2.12. The first-order chi connectivity index (χ1) is 10.1. The molecule has 2 N–H and O–H groups in total. The summed E-state index contributed by atoms with van der Waals surface area (Å²) in [7, 11) is 0.